The highest BCUT2D eigenvalue weighted by molar-refractivity contribution is 4.64. The second-order valence-electron chi connectivity index (χ2n) is 3.92. The fraction of sp³-hybridized carbons (Fsp3) is 1.00. The van der Waals surface area contributed by atoms with Gasteiger partial charge in [-0.25, -0.2) is 0 Å². The van der Waals surface area contributed by atoms with Crippen molar-refractivity contribution in [1.29, 1.82) is 0 Å². The summed E-state index contributed by atoms with van der Waals surface area (Å²) in [6.07, 6.45) is 4.15. The maximum absolute atomic E-state index is 5.71. The molecule has 3 heteroatoms. The lowest BCUT2D eigenvalue weighted by atomic mass is 10.2. The molecular weight excluding hydrogens is 178 g/mol. The van der Waals surface area contributed by atoms with Crippen LogP contribution in [-0.2, 0) is 9.47 Å². The minimum Gasteiger partial charge on any atom is -0.376 e. The fourth-order valence-corrected chi connectivity index (χ4v) is 1.61. The number of nitrogens with one attached hydrogen (secondary N) is 1. The average Bonchev–Trinajstić information content (AvgIpc) is 2.68. The van der Waals surface area contributed by atoms with Gasteiger partial charge in [0.25, 0.3) is 0 Å². The van der Waals surface area contributed by atoms with Gasteiger partial charge >= 0.3 is 0 Å². The van der Waals surface area contributed by atoms with Gasteiger partial charge in [0.1, 0.15) is 0 Å². The summed E-state index contributed by atoms with van der Waals surface area (Å²) in [6, 6.07) is 0. The Morgan fingerprint density at radius 2 is 2.43 bits per heavy atom. The molecule has 1 aliphatic rings. The summed E-state index contributed by atoms with van der Waals surface area (Å²) in [5.74, 6) is 0. The molecule has 0 radical (unpaired) electrons. The van der Waals surface area contributed by atoms with Crippen molar-refractivity contribution in [3.8, 4) is 0 Å². The van der Waals surface area contributed by atoms with Crippen molar-refractivity contribution in [3.05, 3.63) is 0 Å². The van der Waals surface area contributed by atoms with E-state index in [9.17, 15) is 0 Å². The zero-order valence-electron chi connectivity index (χ0n) is 9.42. The van der Waals surface area contributed by atoms with Crippen LogP contribution >= 0.6 is 0 Å². The lowest BCUT2D eigenvalue weighted by Crippen LogP contribution is -2.23. The van der Waals surface area contributed by atoms with E-state index in [1.54, 1.807) is 0 Å². The van der Waals surface area contributed by atoms with Crippen LogP contribution in [-0.4, -0.2) is 38.5 Å². The molecule has 0 saturated carbocycles. The van der Waals surface area contributed by atoms with Gasteiger partial charge in [-0.15, -0.1) is 0 Å². The van der Waals surface area contributed by atoms with E-state index >= 15 is 0 Å². The Bertz CT molecular complexity index is 135. The summed E-state index contributed by atoms with van der Waals surface area (Å²) < 4.78 is 11.2. The van der Waals surface area contributed by atoms with Crippen LogP contribution in [0.25, 0.3) is 0 Å². The van der Waals surface area contributed by atoms with Crippen LogP contribution in [0.4, 0.5) is 0 Å². The van der Waals surface area contributed by atoms with Crippen molar-refractivity contribution in [1.82, 2.24) is 5.32 Å². The lowest BCUT2D eigenvalue weighted by Gasteiger charge is -2.16. The van der Waals surface area contributed by atoms with Crippen LogP contribution in [0, 0.1) is 0 Å². The van der Waals surface area contributed by atoms with Crippen LogP contribution in [0.3, 0.4) is 0 Å². The number of hydrogen-bond acceptors (Lipinski definition) is 3. The summed E-state index contributed by atoms with van der Waals surface area (Å²) in [4.78, 5) is 0. The molecule has 1 saturated heterocycles. The van der Waals surface area contributed by atoms with Crippen molar-refractivity contribution in [3.63, 3.8) is 0 Å². The first kappa shape index (κ1) is 12.0. The number of ether oxygens (including phenoxy) is 2. The molecule has 1 rings (SSSR count). The lowest BCUT2D eigenvalue weighted by molar-refractivity contribution is -0.0161. The molecule has 1 heterocycles. The molecule has 0 aromatic heterocycles. The Morgan fingerprint density at radius 1 is 1.57 bits per heavy atom. The minimum atomic E-state index is 0.346. The summed E-state index contributed by atoms with van der Waals surface area (Å²) >= 11 is 0. The van der Waals surface area contributed by atoms with E-state index in [2.05, 4.69) is 19.2 Å². The maximum atomic E-state index is 5.71. The summed E-state index contributed by atoms with van der Waals surface area (Å²) in [5.41, 5.74) is 0. The Hall–Kier alpha value is -0.120. The van der Waals surface area contributed by atoms with Crippen LogP contribution < -0.4 is 5.32 Å². The molecule has 1 aliphatic heterocycles. The van der Waals surface area contributed by atoms with Crippen molar-refractivity contribution in [2.75, 3.05) is 26.3 Å². The van der Waals surface area contributed by atoms with E-state index in [-0.39, 0.29) is 0 Å². The molecular formula is C11H23NO2. The molecule has 1 N–H and O–H groups in total. The van der Waals surface area contributed by atoms with E-state index in [0.29, 0.717) is 12.2 Å². The average molecular weight is 201 g/mol. The monoisotopic (exact) mass is 201 g/mol. The SMILES string of the molecule is CCNCCC(C)OCC1CCCO1. The predicted molar refractivity (Wildman–Crippen MR) is 57.5 cm³/mol. The van der Waals surface area contributed by atoms with E-state index in [1.807, 2.05) is 0 Å². The number of rotatable bonds is 7. The van der Waals surface area contributed by atoms with Gasteiger partial charge in [-0.2, -0.15) is 0 Å². The molecule has 0 spiro atoms. The Labute approximate surface area is 87.2 Å². The highest BCUT2D eigenvalue weighted by Crippen LogP contribution is 2.13. The van der Waals surface area contributed by atoms with Crippen LogP contribution in [0.2, 0.25) is 0 Å². The van der Waals surface area contributed by atoms with E-state index in [1.165, 1.54) is 12.8 Å². The molecule has 0 aliphatic carbocycles. The summed E-state index contributed by atoms with van der Waals surface area (Å²) in [7, 11) is 0. The third kappa shape index (κ3) is 4.94. The minimum absolute atomic E-state index is 0.346. The van der Waals surface area contributed by atoms with Gasteiger partial charge in [-0.3, -0.25) is 0 Å². The largest absolute Gasteiger partial charge is 0.376 e. The highest BCUT2D eigenvalue weighted by atomic mass is 16.5. The maximum Gasteiger partial charge on any atom is 0.0809 e. The van der Waals surface area contributed by atoms with Crippen LogP contribution in [0.1, 0.15) is 33.1 Å². The molecule has 14 heavy (non-hydrogen) atoms. The van der Waals surface area contributed by atoms with Crippen molar-refractivity contribution < 1.29 is 9.47 Å². The summed E-state index contributed by atoms with van der Waals surface area (Å²) in [5, 5.41) is 3.30. The smallest absolute Gasteiger partial charge is 0.0809 e. The van der Waals surface area contributed by atoms with Gasteiger partial charge in [0, 0.05) is 6.61 Å². The molecule has 0 aromatic carbocycles. The standard InChI is InChI=1S/C11H23NO2/c1-3-12-7-6-10(2)14-9-11-5-4-8-13-11/h10-12H,3-9H2,1-2H3. The van der Waals surface area contributed by atoms with E-state index in [0.717, 1.165) is 32.7 Å². The molecule has 0 aromatic rings. The molecule has 2 atom stereocenters. The molecule has 2 unspecified atom stereocenters. The zero-order valence-corrected chi connectivity index (χ0v) is 9.42. The number of hydrogen-bond donors (Lipinski definition) is 1. The molecule has 3 nitrogen and oxygen atoms in total. The third-order valence-electron chi connectivity index (χ3n) is 2.57. The first-order valence-corrected chi connectivity index (χ1v) is 5.77. The second-order valence-corrected chi connectivity index (χ2v) is 3.92. The van der Waals surface area contributed by atoms with Crippen LogP contribution in [0.5, 0.6) is 0 Å². The van der Waals surface area contributed by atoms with Gasteiger partial charge in [0.2, 0.25) is 0 Å². The van der Waals surface area contributed by atoms with Crippen LogP contribution in [0.15, 0.2) is 0 Å². The van der Waals surface area contributed by atoms with Gasteiger partial charge in [-0.1, -0.05) is 6.92 Å². The third-order valence-corrected chi connectivity index (χ3v) is 2.57. The van der Waals surface area contributed by atoms with Gasteiger partial charge < -0.3 is 14.8 Å². The molecule has 0 bridgehead atoms. The summed E-state index contributed by atoms with van der Waals surface area (Å²) in [6.45, 7) is 8.03. The van der Waals surface area contributed by atoms with E-state index < -0.39 is 0 Å². The normalized spacial score (nSPS) is 24.0. The van der Waals surface area contributed by atoms with Crippen molar-refractivity contribution in [2.24, 2.45) is 0 Å². The Morgan fingerprint density at radius 3 is 3.07 bits per heavy atom. The zero-order chi connectivity index (χ0) is 10.2. The predicted octanol–water partition coefficient (Wildman–Crippen LogP) is 1.57. The van der Waals surface area contributed by atoms with Gasteiger partial charge in [0.05, 0.1) is 18.8 Å². The van der Waals surface area contributed by atoms with E-state index in [4.69, 9.17) is 9.47 Å². The topological polar surface area (TPSA) is 30.5 Å². The van der Waals surface area contributed by atoms with Gasteiger partial charge in [0.15, 0.2) is 0 Å². The van der Waals surface area contributed by atoms with Crippen molar-refractivity contribution >= 4 is 0 Å². The first-order valence-electron chi connectivity index (χ1n) is 5.77. The Balaban J connectivity index is 1.93. The second kappa shape index (κ2) is 7.21. The molecule has 1 fully saturated rings. The Kier molecular flexibility index (Phi) is 6.15. The highest BCUT2D eigenvalue weighted by Gasteiger charge is 2.16. The quantitative estimate of drug-likeness (QED) is 0.634. The fourth-order valence-electron chi connectivity index (χ4n) is 1.61. The molecule has 84 valence electrons. The molecule has 0 amide bonds. The first-order chi connectivity index (χ1) is 6.83. The van der Waals surface area contributed by atoms with Crippen molar-refractivity contribution in [2.45, 2.75) is 45.3 Å². The van der Waals surface area contributed by atoms with Gasteiger partial charge in [-0.05, 0) is 39.3 Å².